The van der Waals surface area contributed by atoms with Gasteiger partial charge in [-0.15, -0.1) is 11.3 Å². The Morgan fingerprint density at radius 1 is 1.10 bits per heavy atom. The van der Waals surface area contributed by atoms with Gasteiger partial charge in [0.1, 0.15) is 5.01 Å². The predicted molar refractivity (Wildman–Crippen MR) is 99.1 cm³/mol. The van der Waals surface area contributed by atoms with Gasteiger partial charge in [0.05, 0.1) is 21.5 Å². The molecular weight excluding hydrogens is 415 g/mol. The fourth-order valence-electron chi connectivity index (χ4n) is 3.30. The molecule has 1 aromatic heterocycles. The van der Waals surface area contributed by atoms with E-state index in [9.17, 15) is 33.4 Å². The number of aromatic nitrogens is 1. The molecule has 29 heavy (non-hydrogen) atoms. The number of nitro groups is 2. The molecular formula is C16H16F3N5O4S. The third-order valence-electron chi connectivity index (χ3n) is 4.78. The van der Waals surface area contributed by atoms with Gasteiger partial charge in [0, 0.05) is 49.9 Å². The first-order valence-electron chi connectivity index (χ1n) is 8.52. The Morgan fingerprint density at radius 2 is 1.66 bits per heavy atom. The molecule has 1 atom stereocenters. The Balaban J connectivity index is 1.92. The Hall–Kier alpha value is -2.80. The van der Waals surface area contributed by atoms with Crippen LogP contribution >= 0.6 is 11.3 Å². The summed E-state index contributed by atoms with van der Waals surface area (Å²) in [5.74, 6) is 0. The average molecular weight is 431 g/mol. The number of thiazole rings is 1. The molecule has 9 nitrogen and oxygen atoms in total. The molecule has 1 aliphatic heterocycles. The van der Waals surface area contributed by atoms with E-state index in [0.29, 0.717) is 25.2 Å². The van der Waals surface area contributed by atoms with Gasteiger partial charge >= 0.3 is 6.18 Å². The van der Waals surface area contributed by atoms with Crippen molar-refractivity contribution in [3.8, 4) is 0 Å². The van der Waals surface area contributed by atoms with Crippen LogP contribution < -0.4 is 4.90 Å². The monoisotopic (exact) mass is 431 g/mol. The fourth-order valence-corrected chi connectivity index (χ4v) is 4.03. The molecule has 3 rings (SSSR count). The van der Waals surface area contributed by atoms with Crippen molar-refractivity contribution < 1.29 is 23.0 Å². The van der Waals surface area contributed by atoms with Crippen molar-refractivity contribution in [3.63, 3.8) is 0 Å². The zero-order valence-electron chi connectivity index (χ0n) is 15.1. The lowest BCUT2D eigenvalue weighted by Crippen LogP contribution is -2.47. The van der Waals surface area contributed by atoms with E-state index in [4.69, 9.17) is 0 Å². The third-order valence-corrected chi connectivity index (χ3v) is 5.72. The van der Waals surface area contributed by atoms with Crippen LogP contribution in [0.5, 0.6) is 0 Å². The van der Waals surface area contributed by atoms with E-state index in [1.54, 1.807) is 6.20 Å². The first-order chi connectivity index (χ1) is 13.6. The Morgan fingerprint density at radius 3 is 2.07 bits per heavy atom. The van der Waals surface area contributed by atoms with Gasteiger partial charge in [0.25, 0.3) is 11.4 Å². The second-order valence-electron chi connectivity index (χ2n) is 6.44. The molecule has 2 heterocycles. The molecule has 156 valence electrons. The van der Waals surface area contributed by atoms with Gasteiger partial charge in [0.15, 0.2) is 5.69 Å². The lowest BCUT2D eigenvalue weighted by molar-refractivity contribution is -0.393. The number of benzene rings is 1. The van der Waals surface area contributed by atoms with Crippen molar-refractivity contribution >= 4 is 28.4 Å². The summed E-state index contributed by atoms with van der Waals surface area (Å²) in [6, 6.07) is 0.703. The first kappa shape index (κ1) is 20.9. The number of anilines is 1. The fraction of sp³-hybridized carbons (Fsp3) is 0.438. The van der Waals surface area contributed by atoms with Gasteiger partial charge in [-0.05, 0) is 6.92 Å². The summed E-state index contributed by atoms with van der Waals surface area (Å²) in [6.07, 6.45) is -3.25. The molecule has 1 fully saturated rings. The van der Waals surface area contributed by atoms with Crippen LogP contribution in [0.4, 0.5) is 30.2 Å². The van der Waals surface area contributed by atoms with Gasteiger partial charge < -0.3 is 4.90 Å². The lowest BCUT2D eigenvalue weighted by atomic mass is 10.1. The van der Waals surface area contributed by atoms with Crippen molar-refractivity contribution in [3.05, 3.63) is 54.5 Å². The second-order valence-corrected chi connectivity index (χ2v) is 7.37. The summed E-state index contributed by atoms with van der Waals surface area (Å²) in [4.78, 5) is 28.5. The quantitative estimate of drug-likeness (QED) is 0.523. The van der Waals surface area contributed by atoms with Gasteiger partial charge in [0.2, 0.25) is 0 Å². The number of halogens is 3. The summed E-state index contributed by atoms with van der Waals surface area (Å²) >= 11 is 1.49. The minimum absolute atomic E-state index is 0.00488. The molecule has 0 radical (unpaired) electrons. The van der Waals surface area contributed by atoms with Crippen LogP contribution in [0.3, 0.4) is 0 Å². The van der Waals surface area contributed by atoms with Gasteiger partial charge in [-0.1, -0.05) is 0 Å². The summed E-state index contributed by atoms with van der Waals surface area (Å²) in [7, 11) is 0. The predicted octanol–water partition coefficient (Wildman–Crippen LogP) is 3.86. The van der Waals surface area contributed by atoms with Crippen LogP contribution in [0.2, 0.25) is 0 Å². The van der Waals surface area contributed by atoms with Crippen molar-refractivity contribution in [2.24, 2.45) is 0 Å². The van der Waals surface area contributed by atoms with Crippen LogP contribution in [-0.4, -0.2) is 45.9 Å². The number of piperazine rings is 1. The number of rotatable bonds is 5. The topological polar surface area (TPSA) is 106 Å². The maximum atomic E-state index is 13.1. The Kier molecular flexibility index (Phi) is 5.71. The zero-order chi connectivity index (χ0) is 21.3. The highest BCUT2D eigenvalue weighted by Gasteiger charge is 2.40. The molecule has 1 saturated heterocycles. The van der Waals surface area contributed by atoms with Gasteiger partial charge in [-0.25, -0.2) is 4.98 Å². The number of hydrogen-bond acceptors (Lipinski definition) is 8. The minimum Gasteiger partial charge on any atom is -0.358 e. The van der Waals surface area contributed by atoms with E-state index < -0.39 is 38.6 Å². The van der Waals surface area contributed by atoms with Gasteiger partial charge in [-0.3, -0.25) is 25.1 Å². The Labute approximate surface area is 166 Å². The van der Waals surface area contributed by atoms with Crippen LogP contribution in [0.15, 0.2) is 23.7 Å². The molecule has 1 unspecified atom stereocenters. The summed E-state index contributed by atoms with van der Waals surface area (Å²) < 4.78 is 39.2. The van der Waals surface area contributed by atoms with Crippen molar-refractivity contribution in [2.75, 3.05) is 31.1 Å². The molecule has 0 amide bonds. The minimum atomic E-state index is -4.93. The van der Waals surface area contributed by atoms with E-state index in [2.05, 4.69) is 9.88 Å². The molecule has 0 aliphatic carbocycles. The highest BCUT2D eigenvalue weighted by Crippen LogP contribution is 2.43. The average Bonchev–Trinajstić information content (AvgIpc) is 3.20. The number of nitrogens with zero attached hydrogens (tertiary/aromatic N) is 5. The van der Waals surface area contributed by atoms with Gasteiger partial charge in [-0.2, -0.15) is 13.2 Å². The molecule has 1 aromatic carbocycles. The summed E-state index contributed by atoms with van der Waals surface area (Å²) in [5, 5.41) is 25.6. The van der Waals surface area contributed by atoms with E-state index in [0.717, 1.165) is 5.01 Å². The van der Waals surface area contributed by atoms with Crippen LogP contribution in [-0.2, 0) is 6.18 Å². The molecule has 1 aliphatic rings. The smallest absolute Gasteiger partial charge is 0.358 e. The highest BCUT2D eigenvalue weighted by atomic mass is 32.1. The van der Waals surface area contributed by atoms with Crippen LogP contribution in [0.1, 0.15) is 23.5 Å². The first-order valence-corrected chi connectivity index (χ1v) is 9.40. The maximum Gasteiger partial charge on any atom is 0.416 e. The van der Waals surface area contributed by atoms with E-state index >= 15 is 0 Å². The number of alkyl halides is 3. The third kappa shape index (κ3) is 4.29. The standard InChI is InChI=1S/C16H16F3N5O4S/c1-10(15-20-2-7-29-15)21-3-5-22(6-4-21)14-12(23(25)26)8-11(16(17,18)19)9-13(14)24(27)28/h2,7-10H,3-6H2,1H3. The van der Waals surface area contributed by atoms with Crippen LogP contribution in [0, 0.1) is 20.2 Å². The molecule has 0 N–H and O–H groups in total. The van der Waals surface area contributed by atoms with E-state index in [-0.39, 0.29) is 19.1 Å². The largest absolute Gasteiger partial charge is 0.416 e. The molecule has 0 spiro atoms. The normalized spacial score (nSPS) is 16.6. The van der Waals surface area contributed by atoms with Crippen molar-refractivity contribution in [1.82, 2.24) is 9.88 Å². The SMILES string of the molecule is CC(c1nccs1)N1CCN(c2c([N+](=O)[O-])cc(C(F)(F)F)cc2[N+](=O)[O-])CC1. The maximum absolute atomic E-state index is 13.1. The molecule has 13 heteroatoms. The number of hydrogen-bond donors (Lipinski definition) is 0. The van der Waals surface area contributed by atoms with E-state index in [1.807, 2.05) is 12.3 Å². The Bertz CT molecular complexity index is 879. The summed E-state index contributed by atoms with van der Waals surface area (Å²) in [5.41, 5.74) is -3.66. The summed E-state index contributed by atoms with van der Waals surface area (Å²) in [6.45, 7) is 3.20. The molecule has 0 bridgehead atoms. The number of nitro benzene ring substituents is 2. The van der Waals surface area contributed by atoms with Crippen molar-refractivity contribution in [2.45, 2.75) is 19.1 Å². The van der Waals surface area contributed by atoms with Crippen molar-refractivity contribution in [1.29, 1.82) is 0 Å². The second kappa shape index (κ2) is 7.91. The molecule has 2 aromatic rings. The van der Waals surface area contributed by atoms with Crippen LogP contribution in [0.25, 0.3) is 0 Å². The molecule has 0 saturated carbocycles. The zero-order valence-corrected chi connectivity index (χ0v) is 15.9. The van der Waals surface area contributed by atoms with E-state index in [1.165, 1.54) is 16.2 Å². The highest BCUT2D eigenvalue weighted by molar-refractivity contribution is 7.09. The lowest BCUT2D eigenvalue weighted by Gasteiger charge is -2.38.